The number of nitrogens with one attached hydrogen (secondary N) is 1. The zero-order chi connectivity index (χ0) is 16.3. The van der Waals surface area contributed by atoms with Gasteiger partial charge in [-0.15, -0.1) is 11.3 Å². The van der Waals surface area contributed by atoms with Crippen LogP contribution >= 0.6 is 11.3 Å². The molecule has 1 atom stereocenters. The number of rotatable bonds is 6. The van der Waals surface area contributed by atoms with Crippen LogP contribution in [-0.4, -0.2) is 16.6 Å². The first-order chi connectivity index (χ1) is 11.0. The fraction of sp³-hybridized carbons (Fsp3) is 0.278. The molecule has 2 N–H and O–H groups in total. The van der Waals surface area contributed by atoms with Crippen molar-refractivity contribution in [2.45, 2.75) is 26.0 Å². The average molecular weight is 328 g/mol. The van der Waals surface area contributed by atoms with Crippen molar-refractivity contribution in [1.29, 1.82) is 0 Å². The second-order valence-corrected chi connectivity index (χ2v) is 6.66. The lowest BCUT2D eigenvalue weighted by molar-refractivity contribution is 0.0332. The molecule has 0 spiro atoms. The molecule has 0 bridgehead atoms. The van der Waals surface area contributed by atoms with Gasteiger partial charge in [0.2, 0.25) is 0 Å². The lowest BCUT2D eigenvalue weighted by Gasteiger charge is -2.21. The summed E-state index contributed by atoms with van der Waals surface area (Å²) in [7, 11) is 0. The molecule has 23 heavy (non-hydrogen) atoms. The van der Waals surface area contributed by atoms with Gasteiger partial charge in [0, 0.05) is 24.0 Å². The Morgan fingerprint density at radius 1 is 1.22 bits per heavy atom. The molecule has 0 fully saturated rings. The molecular weight excluding hydrogens is 308 g/mol. The van der Waals surface area contributed by atoms with Gasteiger partial charge < -0.3 is 14.8 Å². The first kappa shape index (κ1) is 15.9. The number of furan rings is 1. The van der Waals surface area contributed by atoms with Gasteiger partial charge in [0.05, 0.1) is 5.69 Å². The normalized spacial score (nSPS) is 13.9. The summed E-state index contributed by atoms with van der Waals surface area (Å²) in [6.45, 7) is 4.62. The van der Waals surface area contributed by atoms with Crippen LogP contribution in [0.25, 0.3) is 10.6 Å². The second-order valence-electron chi connectivity index (χ2n) is 5.80. The van der Waals surface area contributed by atoms with Crippen molar-refractivity contribution in [1.82, 2.24) is 10.3 Å². The van der Waals surface area contributed by atoms with Gasteiger partial charge in [0.1, 0.15) is 22.1 Å². The van der Waals surface area contributed by atoms with E-state index in [4.69, 9.17) is 4.42 Å². The van der Waals surface area contributed by atoms with Crippen molar-refractivity contribution in [3.05, 3.63) is 65.1 Å². The zero-order valence-electron chi connectivity index (χ0n) is 13.2. The van der Waals surface area contributed by atoms with E-state index in [0.29, 0.717) is 18.8 Å². The third-order valence-corrected chi connectivity index (χ3v) is 4.56. The van der Waals surface area contributed by atoms with Crippen molar-refractivity contribution in [3.8, 4) is 10.6 Å². The van der Waals surface area contributed by atoms with Crippen LogP contribution < -0.4 is 5.32 Å². The van der Waals surface area contributed by atoms with Crippen molar-refractivity contribution in [2.24, 2.45) is 0 Å². The molecule has 2 heterocycles. The van der Waals surface area contributed by atoms with E-state index in [1.807, 2.05) is 42.6 Å². The van der Waals surface area contributed by atoms with Crippen LogP contribution in [0, 0.1) is 6.92 Å². The number of nitrogens with zero attached hydrogens (tertiary/aromatic N) is 1. The maximum atomic E-state index is 10.5. The first-order valence-corrected chi connectivity index (χ1v) is 8.42. The fourth-order valence-corrected chi connectivity index (χ4v) is 3.17. The summed E-state index contributed by atoms with van der Waals surface area (Å²) in [4.78, 5) is 4.63. The molecule has 0 aliphatic carbocycles. The largest absolute Gasteiger partial charge is 0.463 e. The Morgan fingerprint density at radius 2 is 2.00 bits per heavy atom. The molecule has 0 aliphatic rings. The third kappa shape index (κ3) is 3.88. The van der Waals surface area contributed by atoms with Gasteiger partial charge in [-0.3, -0.25) is 0 Å². The number of benzene rings is 1. The molecule has 0 saturated heterocycles. The average Bonchev–Trinajstić information content (AvgIpc) is 3.17. The smallest absolute Gasteiger partial charge is 0.136 e. The Hall–Kier alpha value is -1.95. The SMILES string of the molecule is Cc1ccc(C(C)(O)CNCc2csc(-c3ccccc3)n2)o1. The minimum absolute atomic E-state index is 0.401. The number of hydrogen-bond donors (Lipinski definition) is 2. The lowest BCUT2D eigenvalue weighted by Crippen LogP contribution is -2.34. The number of aliphatic hydroxyl groups is 1. The van der Waals surface area contributed by atoms with E-state index in [9.17, 15) is 5.11 Å². The Bertz CT molecular complexity index is 762. The minimum Gasteiger partial charge on any atom is -0.463 e. The Labute approximate surface area is 139 Å². The van der Waals surface area contributed by atoms with E-state index < -0.39 is 5.60 Å². The third-order valence-electron chi connectivity index (χ3n) is 3.62. The zero-order valence-corrected chi connectivity index (χ0v) is 14.1. The summed E-state index contributed by atoms with van der Waals surface area (Å²) in [6.07, 6.45) is 0. The summed E-state index contributed by atoms with van der Waals surface area (Å²) in [5.74, 6) is 1.37. The van der Waals surface area contributed by atoms with Crippen LogP contribution in [0.3, 0.4) is 0 Å². The predicted octanol–water partition coefficient (Wildman–Crippen LogP) is 3.71. The van der Waals surface area contributed by atoms with E-state index in [1.165, 1.54) is 0 Å². The van der Waals surface area contributed by atoms with Gasteiger partial charge in [-0.1, -0.05) is 30.3 Å². The highest BCUT2D eigenvalue weighted by atomic mass is 32.1. The Morgan fingerprint density at radius 3 is 2.70 bits per heavy atom. The molecule has 1 unspecified atom stereocenters. The summed E-state index contributed by atoms with van der Waals surface area (Å²) >= 11 is 1.63. The number of aromatic nitrogens is 1. The van der Waals surface area contributed by atoms with Gasteiger partial charge in [0.25, 0.3) is 0 Å². The topological polar surface area (TPSA) is 58.3 Å². The fourth-order valence-electron chi connectivity index (χ4n) is 2.35. The molecular formula is C18H20N2O2S. The lowest BCUT2D eigenvalue weighted by atomic mass is 10.0. The number of thiazole rings is 1. The molecule has 5 heteroatoms. The second kappa shape index (κ2) is 6.66. The molecule has 2 aromatic heterocycles. The Balaban J connectivity index is 1.58. The molecule has 0 saturated carbocycles. The minimum atomic E-state index is -1.04. The molecule has 0 amide bonds. The van der Waals surface area contributed by atoms with Gasteiger partial charge >= 0.3 is 0 Å². The molecule has 0 radical (unpaired) electrons. The van der Waals surface area contributed by atoms with Crippen LogP contribution in [-0.2, 0) is 12.1 Å². The van der Waals surface area contributed by atoms with Crippen molar-refractivity contribution in [3.63, 3.8) is 0 Å². The van der Waals surface area contributed by atoms with Gasteiger partial charge in [-0.05, 0) is 26.0 Å². The maximum absolute atomic E-state index is 10.5. The summed E-state index contributed by atoms with van der Waals surface area (Å²) in [5, 5.41) is 16.8. The van der Waals surface area contributed by atoms with Crippen LogP contribution in [0.5, 0.6) is 0 Å². The summed E-state index contributed by atoms with van der Waals surface area (Å²) < 4.78 is 5.51. The molecule has 1 aromatic carbocycles. The van der Waals surface area contributed by atoms with Gasteiger partial charge in [-0.25, -0.2) is 4.98 Å². The number of aryl methyl sites for hydroxylation is 1. The molecule has 120 valence electrons. The molecule has 4 nitrogen and oxygen atoms in total. The Kier molecular flexibility index (Phi) is 4.61. The number of hydrogen-bond acceptors (Lipinski definition) is 5. The van der Waals surface area contributed by atoms with Crippen LogP contribution in [0.1, 0.15) is 24.1 Å². The van der Waals surface area contributed by atoms with Crippen LogP contribution in [0.2, 0.25) is 0 Å². The van der Waals surface area contributed by atoms with E-state index in [1.54, 1.807) is 18.3 Å². The van der Waals surface area contributed by atoms with E-state index in [-0.39, 0.29) is 0 Å². The van der Waals surface area contributed by atoms with Crippen LogP contribution in [0.4, 0.5) is 0 Å². The molecule has 3 aromatic rings. The van der Waals surface area contributed by atoms with Gasteiger partial charge in [0.15, 0.2) is 0 Å². The molecule has 0 aliphatic heterocycles. The van der Waals surface area contributed by atoms with Gasteiger partial charge in [-0.2, -0.15) is 0 Å². The van der Waals surface area contributed by atoms with E-state index in [0.717, 1.165) is 22.0 Å². The van der Waals surface area contributed by atoms with E-state index in [2.05, 4.69) is 22.4 Å². The maximum Gasteiger partial charge on any atom is 0.136 e. The quantitative estimate of drug-likeness (QED) is 0.724. The summed E-state index contributed by atoms with van der Waals surface area (Å²) in [6, 6.07) is 13.8. The highest BCUT2D eigenvalue weighted by molar-refractivity contribution is 7.13. The highest BCUT2D eigenvalue weighted by Crippen LogP contribution is 2.24. The first-order valence-electron chi connectivity index (χ1n) is 7.54. The monoisotopic (exact) mass is 328 g/mol. The van der Waals surface area contributed by atoms with Crippen molar-refractivity contribution >= 4 is 11.3 Å². The highest BCUT2D eigenvalue weighted by Gasteiger charge is 2.26. The molecule has 3 rings (SSSR count). The van der Waals surface area contributed by atoms with Crippen molar-refractivity contribution < 1.29 is 9.52 Å². The summed E-state index contributed by atoms with van der Waals surface area (Å²) in [5.41, 5.74) is 1.06. The predicted molar refractivity (Wildman–Crippen MR) is 92.3 cm³/mol. The van der Waals surface area contributed by atoms with Crippen LogP contribution in [0.15, 0.2) is 52.3 Å². The van der Waals surface area contributed by atoms with E-state index >= 15 is 0 Å². The standard InChI is InChI=1S/C18H20N2O2S/c1-13-8-9-16(22-13)18(2,21)12-19-10-15-11-23-17(20-15)14-6-4-3-5-7-14/h3-9,11,19,21H,10,12H2,1-2H3. The van der Waals surface area contributed by atoms with Crippen molar-refractivity contribution in [2.75, 3.05) is 6.54 Å².